The average Bonchev–Trinajstić information content (AvgIpc) is 2.51. The minimum atomic E-state index is 0.0594. The van der Waals surface area contributed by atoms with Gasteiger partial charge in [0.05, 0.1) is 20.8 Å². The standard InChI is InChI=1S/C18H28N2O3/c1-13-7-14(2)11-20(10-13)12-18(21)19-9-15-5-6-16(22-3)8-17(15)23-4/h5-6,8,13-14H,7,9-12H2,1-4H3,(H,19,21)/t13-,14-/m1/s1. The molecular weight excluding hydrogens is 292 g/mol. The third-order valence-electron chi connectivity index (χ3n) is 4.28. The van der Waals surface area contributed by atoms with Gasteiger partial charge in [-0.3, -0.25) is 9.69 Å². The SMILES string of the molecule is COc1ccc(CNC(=O)CN2C[C@H](C)C[C@@H](C)C2)c(OC)c1. The second kappa shape index (κ2) is 8.20. The zero-order valence-corrected chi connectivity index (χ0v) is 14.6. The van der Waals surface area contributed by atoms with Gasteiger partial charge >= 0.3 is 0 Å². The normalized spacial score (nSPS) is 21.7. The number of piperidine rings is 1. The number of rotatable bonds is 6. The number of ether oxygens (including phenoxy) is 2. The van der Waals surface area contributed by atoms with Gasteiger partial charge in [-0.05, 0) is 30.4 Å². The Morgan fingerprint density at radius 2 is 1.91 bits per heavy atom. The number of amides is 1. The van der Waals surface area contributed by atoms with Crippen LogP contribution in [0.1, 0.15) is 25.8 Å². The number of carbonyl (C=O) groups excluding carboxylic acids is 1. The highest BCUT2D eigenvalue weighted by molar-refractivity contribution is 5.78. The molecule has 1 N–H and O–H groups in total. The van der Waals surface area contributed by atoms with Crippen molar-refractivity contribution in [1.29, 1.82) is 0 Å². The predicted octanol–water partition coefficient (Wildman–Crippen LogP) is 2.30. The molecule has 0 aromatic heterocycles. The molecule has 1 amide bonds. The molecule has 1 fully saturated rings. The summed E-state index contributed by atoms with van der Waals surface area (Å²) < 4.78 is 10.5. The number of likely N-dealkylation sites (tertiary alicyclic amines) is 1. The molecule has 1 aromatic carbocycles. The van der Waals surface area contributed by atoms with Crippen LogP contribution in [0.25, 0.3) is 0 Å². The van der Waals surface area contributed by atoms with Crippen LogP contribution in [0.5, 0.6) is 11.5 Å². The maximum atomic E-state index is 12.2. The lowest BCUT2D eigenvalue weighted by molar-refractivity contribution is -0.123. The molecule has 128 valence electrons. The molecule has 23 heavy (non-hydrogen) atoms. The van der Waals surface area contributed by atoms with E-state index in [1.54, 1.807) is 14.2 Å². The highest BCUT2D eigenvalue weighted by atomic mass is 16.5. The Labute approximate surface area is 139 Å². The molecule has 1 aliphatic heterocycles. The summed E-state index contributed by atoms with van der Waals surface area (Å²) in [4.78, 5) is 14.5. The summed E-state index contributed by atoms with van der Waals surface area (Å²) >= 11 is 0. The zero-order chi connectivity index (χ0) is 16.8. The molecule has 2 rings (SSSR count). The largest absolute Gasteiger partial charge is 0.497 e. The van der Waals surface area contributed by atoms with Crippen LogP contribution in [0.15, 0.2) is 18.2 Å². The molecule has 1 aromatic rings. The van der Waals surface area contributed by atoms with Crippen LogP contribution in [-0.4, -0.2) is 44.7 Å². The first-order chi connectivity index (χ1) is 11.0. The Morgan fingerprint density at radius 3 is 2.52 bits per heavy atom. The highest BCUT2D eigenvalue weighted by Gasteiger charge is 2.23. The smallest absolute Gasteiger partial charge is 0.234 e. The summed E-state index contributed by atoms with van der Waals surface area (Å²) in [6.07, 6.45) is 1.25. The number of hydrogen-bond donors (Lipinski definition) is 1. The third-order valence-corrected chi connectivity index (χ3v) is 4.28. The Bertz CT molecular complexity index is 523. The fourth-order valence-corrected chi connectivity index (χ4v) is 3.37. The van der Waals surface area contributed by atoms with Crippen molar-refractivity contribution in [3.05, 3.63) is 23.8 Å². The monoisotopic (exact) mass is 320 g/mol. The predicted molar refractivity (Wildman–Crippen MR) is 90.8 cm³/mol. The Hall–Kier alpha value is -1.75. The molecule has 5 nitrogen and oxygen atoms in total. The second-order valence-electron chi connectivity index (χ2n) is 6.59. The van der Waals surface area contributed by atoms with Gasteiger partial charge in [-0.1, -0.05) is 13.8 Å². The van der Waals surface area contributed by atoms with Crippen LogP contribution >= 0.6 is 0 Å². The number of hydrogen-bond acceptors (Lipinski definition) is 4. The van der Waals surface area contributed by atoms with Crippen molar-refractivity contribution in [2.45, 2.75) is 26.8 Å². The summed E-state index contributed by atoms with van der Waals surface area (Å²) in [5.41, 5.74) is 0.946. The van der Waals surface area contributed by atoms with E-state index in [1.807, 2.05) is 18.2 Å². The molecule has 0 unspecified atom stereocenters. The molecule has 0 aliphatic carbocycles. The van der Waals surface area contributed by atoms with E-state index in [4.69, 9.17) is 9.47 Å². The molecule has 0 bridgehead atoms. The molecule has 0 spiro atoms. The van der Waals surface area contributed by atoms with E-state index in [-0.39, 0.29) is 5.91 Å². The van der Waals surface area contributed by atoms with Crippen molar-refractivity contribution >= 4 is 5.91 Å². The number of nitrogens with one attached hydrogen (secondary N) is 1. The maximum Gasteiger partial charge on any atom is 0.234 e. The van der Waals surface area contributed by atoms with E-state index in [2.05, 4.69) is 24.1 Å². The van der Waals surface area contributed by atoms with E-state index in [0.29, 0.717) is 24.9 Å². The van der Waals surface area contributed by atoms with Crippen molar-refractivity contribution in [3.8, 4) is 11.5 Å². The zero-order valence-electron chi connectivity index (χ0n) is 14.6. The van der Waals surface area contributed by atoms with Crippen molar-refractivity contribution in [2.75, 3.05) is 33.9 Å². The van der Waals surface area contributed by atoms with Crippen molar-refractivity contribution in [1.82, 2.24) is 10.2 Å². The van der Waals surface area contributed by atoms with Crippen molar-refractivity contribution in [3.63, 3.8) is 0 Å². The lowest BCUT2D eigenvalue weighted by Crippen LogP contribution is -2.44. The van der Waals surface area contributed by atoms with Gasteiger partial charge in [0.25, 0.3) is 0 Å². The minimum absolute atomic E-state index is 0.0594. The summed E-state index contributed by atoms with van der Waals surface area (Å²) in [7, 11) is 3.24. The summed E-state index contributed by atoms with van der Waals surface area (Å²) in [5.74, 6) is 2.85. The number of carbonyl (C=O) groups is 1. The van der Waals surface area contributed by atoms with E-state index in [0.717, 1.165) is 30.2 Å². The lowest BCUT2D eigenvalue weighted by Gasteiger charge is -2.34. The molecule has 1 saturated heterocycles. The van der Waals surface area contributed by atoms with Crippen molar-refractivity contribution in [2.24, 2.45) is 11.8 Å². The van der Waals surface area contributed by atoms with Crippen LogP contribution < -0.4 is 14.8 Å². The Balaban J connectivity index is 1.87. The molecule has 0 saturated carbocycles. The van der Waals surface area contributed by atoms with Gasteiger partial charge in [0.15, 0.2) is 0 Å². The molecule has 0 radical (unpaired) electrons. The topological polar surface area (TPSA) is 50.8 Å². The Morgan fingerprint density at radius 1 is 1.22 bits per heavy atom. The van der Waals surface area contributed by atoms with Crippen LogP contribution in [0.2, 0.25) is 0 Å². The van der Waals surface area contributed by atoms with Gasteiger partial charge in [-0.2, -0.15) is 0 Å². The van der Waals surface area contributed by atoms with Gasteiger partial charge in [0.2, 0.25) is 5.91 Å². The van der Waals surface area contributed by atoms with Gasteiger partial charge in [-0.25, -0.2) is 0 Å². The lowest BCUT2D eigenvalue weighted by atomic mass is 9.92. The first-order valence-electron chi connectivity index (χ1n) is 8.21. The van der Waals surface area contributed by atoms with Crippen LogP contribution in [0.3, 0.4) is 0 Å². The first kappa shape index (κ1) is 17.6. The quantitative estimate of drug-likeness (QED) is 0.874. The fraction of sp³-hybridized carbons (Fsp3) is 0.611. The molecule has 5 heteroatoms. The molecule has 2 atom stereocenters. The van der Waals surface area contributed by atoms with E-state index >= 15 is 0 Å². The third kappa shape index (κ3) is 5.13. The molecule has 1 heterocycles. The van der Waals surface area contributed by atoms with Crippen LogP contribution in [0, 0.1) is 11.8 Å². The number of nitrogens with zero attached hydrogens (tertiary/aromatic N) is 1. The second-order valence-corrected chi connectivity index (χ2v) is 6.59. The van der Waals surface area contributed by atoms with E-state index in [9.17, 15) is 4.79 Å². The van der Waals surface area contributed by atoms with E-state index < -0.39 is 0 Å². The summed E-state index contributed by atoms with van der Waals surface area (Å²) in [5, 5.41) is 2.99. The van der Waals surface area contributed by atoms with Crippen LogP contribution in [-0.2, 0) is 11.3 Å². The van der Waals surface area contributed by atoms with Gasteiger partial charge in [0.1, 0.15) is 11.5 Å². The van der Waals surface area contributed by atoms with Gasteiger partial charge < -0.3 is 14.8 Å². The average molecular weight is 320 g/mol. The molecule has 1 aliphatic rings. The van der Waals surface area contributed by atoms with Gasteiger partial charge in [0, 0.05) is 31.3 Å². The first-order valence-corrected chi connectivity index (χ1v) is 8.21. The highest BCUT2D eigenvalue weighted by Crippen LogP contribution is 2.24. The van der Waals surface area contributed by atoms with E-state index in [1.165, 1.54) is 6.42 Å². The Kier molecular flexibility index (Phi) is 6.28. The van der Waals surface area contributed by atoms with Crippen molar-refractivity contribution < 1.29 is 14.3 Å². The fourth-order valence-electron chi connectivity index (χ4n) is 3.37. The minimum Gasteiger partial charge on any atom is -0.497 e. The number of methoxy groups -OCH3 is 2. The van der Waals surface area contributed by atoms with Crippen LogP contribution in [0.4, 0.5) is 0 Å². The number of benzene rings is 1. The van der Waals surface area contributed by atoms with Gasteiger partial charge in [-0.15, -0.1) is 0 Å². The molecular formula is C18H28N2O3. The summed E-state index contributed by atoms with van der Waals surface area (Å²) in [6.45, 7) is 7.44. The summed E-state index contributed by atoms with van der Waals surface area (Å²) in [6, 6.07) is 5.62. The maximum absolute atomic E-state index is 12.2.